The fourth-order valence-corrected chi connectivity index (χ4v) is 3.11. The smallest absolute Gasteiger partial charge is 0.153 e. The molecule has 0 amide bonds. The minimum Gasteiger partial charge on any atom is -0.460 e. The minimum absolute atomic E-state index is 0.443. The number of hydrogen-bond donors (Lipinski definition) is 1. The highest BCUT2D eigenvalue weighted by molar-refractivity contribution is 7.10. The Morgan fingerprint density at radius 1 is 1.41 bits per heavy atom. The van der Waals surface area contributed by atoms with Gasteiger partial charge in [-0.1, -0.05) is 6.42 Å². The standard InChI is InChI=1S/C13H16N2OS/c1-9-5-6-12(16-9)11-8-17-13(15-11)10-4-2-3-7-14-10/h5-6,8,10,14H,2-4,7H2,1H3. The Hall–Kier alpha value is -1.13. The lowest BCUT2D eigenvalue weighted by atomic mass is 10.1. The predicted octanol–water partition coefficient (Wildman–Crippen LogP) is 3.53. The van der Waals surface area contributed by atoms with Crippen molar-refractivity contribution < 1.29 is 4.42 Å². The fraction of sp³-hybridized carbons (Fsp3) is 0.462. The highest BCUT2D eigenvalue weighted by Crippen LogP contribution is 2.30. The van der Waals surface area contributed by atoms with Gasteiger partial charge in [0, 0.05) is 5.38 Å². The number of nitrogens with zero attached hydrogens (tertiary/aromatic N) is 1. The summed E-state index contributed by atoms with van der Waals surface area (Å²) in [5.74, 6) is 1.81. The van der Waals surface area contributed by atoms with Gasteiger partial charge in [-0.25, -0.2) is 4.98 Å². The SMILES string of the molecule is Cc1ccc(-c2csc(C3CCCCN3)n2)o1. The molecule has 1 unspecified atom stereocenters. The molecule has 3 rings (SSSR count). The molecule has 0 aliphatic carbocycles. The molecular formula is C13H16N2OS. The van der Waals surface area contributed by atoms with E-state index in [4.69, 9.17) is 4.42 Å². The maximum absolute atomic E-state index is 5.59. The fourth-order valence-electron chi connectivity index (χ4n) is 2.20. The number of piperidine rings is 1. The molecule has 1 aliphatic rings. The summed E-state index contributed by atoms with van der Waals surface area (Å²) < 4.78 is 5.59. The summed E-state index contributed by atoms with van der Waals surface area (Å²) in [5, 5.41) is 6.80. The van der Waals surface area contributed by atoms with Crippen LogP contribution in [0.5, 0.6) is 0 Å². The van der Waals surface area contributed by atoms with Crippen LogP contribution < -0.4 is 5.32 Å². The molecule has 1 fully saturated rings. The molecule has 1 N–H and O–H groups in total. The number of nitrogens with one attached hydrogen (secondary N) is 1. The van der Waals surface area contributed by atoms with Crippen molar-refractivity contribution in [3.05, 3.63) is 28.3 Å². The van der Waals surface area contributed by atoms with Crippen LogP contribution in [0.15, 0.2) is 21.9 Å². The third-order valence-electron chi connectivity index (χ3n) is 3.12. The topological polar surface area (TPSA) is 38.1 Å². The molecule has 2 aromatic rings. The normalized spacial score (nSPS) is 20.6. The van der Waals surface area contributed by atoms with E-state index in [0.717, 1.165) is 23.8 Å². The molecular weight excluding hydrogens is 232 g/mol. The lowest BCUT2D eigenvalue weighted by molar-refractivity contribution is 0.411. The van der Waals surface area contributed by atoms with E-state index in [0.29, 0.717) is 6.04 Å². The average Bonchev–Trinajstić information content (AvgIpc) is 2.98. The van der Waals surface area contributed by atoms with Gasteiger partial charge in [-0.15, -0.1) is 11.3 Å². The van der Waals surface area contributed by atoms with Gasteiger partial charge in [0.05, 0.1) is 6.04 Å². The quantitative estimate of drug-likeness (QED) is 0.883. The van der Waals surface area contributed by atoms with Gasteiger partial charge in [-0.05, 0) is 38.4 Å². The molecule has 1 aliphatic heterocycles. The number of hydrogen-bond acceptors (Lipinski definition) is 4. The van der Waals surface area contributed by atoms with E-state index >= 15 is 0 Å². The molecule has 0 saturated carbocycles. The second-order valence-corrected chi connectivity index (χ2v) is 5.37. The molecule has 3 nitrogen and oxygen atoms in total. The van der Waals surface area contributed by atoms with Gasteiger partial charge in [-0.2, -0.15) is 0 Å². The predicted molar refractivity (Wildman–Crippen MR) is 69.1 cm³/mol. The molecule has 2 aromatic heterocycles. The van der Waals surface area contributed by atoms with Gasteiger partial charge >= 0.3 is 0 Å². The van der Waals surface area contributed by atoms with Crippen LogP contribution in [0.4, 0.5) is 0 Å². The van der Waals surface area contributed by atoms with Gasteiger partial charge < -0.3 is 9.73 Å². The summed E-state index contributed by atoms with van der Waals surface area (Å²) in [7, 11) is 0. The summed E-state index contributed by atoms with van der Waals surface area (Å²) >= 11 is 1.73. The molecule has 1 saturated heterocycles. The van der Waals surface area contributed by atoms with Gasteiger partial charge in [-0.3, -0.25) is 0 Å². The van der Waals surface area contributed by atoms with Gasteiger partial charge in [0.15, 0.2) is 5.76 Å². The molecule has 0 radical (unpaired) electrons. The zero-order chi connectivity index (χ0) is 11.7. The van der Waals surface area contributed by atoms with Crippen molar-refractivity contribution >= 4 is 11.3 Å². The summed E-state index contributed by atoms with van der Waals surface area (Å²) in [5.41, 5.74) is 0.963. The summed E-state index contributed by atoms with van der Waals surface area (Å²) in [6, 6.07) is 4.41. The zero-order valence-electron chi connectivity index (χ0n) is 9.90. The second kappa shape index (κ2) is 4.63. The lowest BCUT2D eigenvalue weighted by Crippen LogP contribution is -2.26. The third kappa shape index (κ3) is 2.28. The van der Waals surface area contributed by atoms with Crippen LogP contribution in [-0.2, 0) is 0 Å². The number of thiazole rings is 1. The van der Waals surface area contributed by atoms with Crippen molar-refractivity contribution in [1.29, 1.82) is 0 Å². The number of rotatable bonds is 2. The largest absolute Gasteiger partial charge is 0.460 e. The Morgan fingerprint density at radius 2 is 2.35 bits per heavy atom. The number of furan rings is 1. The molecule has 90 valence electrons. The lowest BCUT2D eigenvalue weighted by Gasteiger charge is -2.21. The Kier molecular flexibility index (Phi) is 2.99. The van der Waals surface area contributed by atoms with Gasteiger partial charge in [0.25, 0.3) is 0 Å². The summed E-state index contributed by atoms with van der Waals surface area (Å²) in [4.78, 5) is 4.68. The van der Waals surface area contributed by atoms with Crippen LogP contribution >= 0.6 is 11.3 Å². The third-order valence-corrected chi connectivity index (χ3v) is 4.08. The number of aromatic nitrogens is 1. The molecule has 0 spiro atoms. The first-order valence-electron chi connectivity index (χ1n) is 6.08. The van der Waals surface area contributed by atoms with Crippen LogP contribution in [0.3, 0.4) is 0 Å². The first-order valence-corrected chi connectivity index (χ1v) is 6.96. The molecule has 0 aromatic carbocycles. The average molecular weight is 248 g/mol. The van der Waals surface area contributed by atoms with Crippen LogP contribution in [-0.4, -0.2) is 11.5 Å². The second-order valence-electron chi connectivity index (χ2n) is 4.48. The van der Waals surface area contributed by atoms with E-state index in [2.05, 4.69) is 15.7 Å². The maximum Gasteiger partial charge on any atom is 0.153 e. The van der Waals surface area contributed by atoms with Crippen molar-refractivity contribution in [3.8, 4) is 11.5 Å². The maximum atomic E-state index is 5.59. The van der Waals surface area contributed by atoms with Crippen LogP contribution in [0.1, 0.15) is 36.1 Å². The zero-order valence-corrected chi connectivity index (χ0v) is 10.7. The van der Waals surface area contributed by atoms with E-state index in [-0.39, 0.29) is 0 Å². The molecule has 4 heteroatoms. The molecule has 1 atom stereocenters. The molecule has 17 heavy (non-hydrogen) atoms. The Morgan fingerprint density at radius 3 is 3.06 bits per heavy atom. The van der Waals surface area contributed by atoms with E-state index in [1.807, 2.05) is 19.1 Å². The van der Waals surface area contributed by atoms with Gasteiger partial charge in [0.1, 0.15) is 16.5 Å². The highest BCUT2D eigenvalue weighted by Gasteiger charge is 2.18. The van der Waals surface area contributed by atoms with Gasteiger partial charge in [0.2, 0.25) is 0 Å². The van der Waals surface area contributed by atoms with Crippen molar-refractivity contribution in [2.75, 3.05) is 6.54 Å². The van der Waals surface area contributed by atoms with Crippen LogP contribution in [0.25, 0.3) is 11.5 Å². The van der Waals surface area contributed by atoms with E-state index < -0.39 is 0 Å². The molecule has 0 bridgehead atoms. The van der Waals surface area contributed by atoms with Crippen molar-refractivity contribution in [2.24, 2.45) is 0 Å². The highest BCUT2D eigenvalue weighted by atomic mass is 32.1. The van der Waals surface area contributed by atoms with Crippen molar-refractivity contribution in [2.45, 2.75) is 32.2 Å². The Labute approximate surface area is 105 Å². The van der Waals surface area contributed by atoms with Crippen molar-refractivity contribution in [1.82, 2.24) is 10.3 Å². The van der Waals surface area contributed by atoms with Crippen molar-refractivity contribution in [3.63, 3.8) is 0 Å². The van der Waals surface area contributed by atoms with E-state index in [9.17, 15) is 0 Å². The first kappa shape index (κ1) is 11.0. The number of aryl methyl sites for hydroxylation is 1. The molecule has 3 heterocycles. The monoisotopic (exact) mass is 248 g/mol. The minimum atomic E-state index is 0.443. The summed E-state index contributed by atoms with van der Waals surface area (Å²) in [6.45, 7) is 3.07. The van der Waals surface area contributed by atoms with E-state index in [1.54, 1.807) is 11.3 Å². The van der Waals surface area contributed by atoms with Crippen LogP contribution in [0.2, 0.25) is 0 Å². The van der Waals surface area contributed by atoms with Crippen LogP contribution in [0, 0.1) is 6.92 Å². The summed E-state index contributed by atoms with van der Waals surface area (Å²) in [6.07, 6.45) is 3.78. The van der Waals surface area contributed by atoms with E-state index in [1.165, 1.54) is 24.3 Å². The Bertz CT molecular complexity index is 497. The first-order chi connectivity index (χ1) is 8.33. The Balaban J connectivity index is 1.82.